The van der Waals surface area contributed by atoms with Crippen molar-refractivity contribution in [2.24, 2.45) is 11.1 Å². The summed E-state index contributed by atoms with van der Waals surface area (Å²) in [5.41, 5.74) is 7.85. The molecular weight excluding hydrogens is 318 g/mol. The summed E-state index contributed by atoms with van der Waals surface area (Å²) in [6.45, 7) is 4.31. The number of fused-ring (bicyclic) bond motifs is 1. The van der Waals surface area contributed by atoms with Crippen LogP contribution in [0, 0.1) is 5.41 Å². The molecule has 5 nitrogen and oxygen atoms in total. The van der Waals surface area contributed by atoms with E-state index in [0.717, 1.165) is 36.9 Å². The molecule has 3 heterocycles. The Bertz CT molecular complexity index is 704. The van der Waals surface area contributed by atoms with Crippen LogP contribution in [0.1, 0.15) is 45.4 Å². The van der Waals surface area contributed by atoms with E-state index in [2.05, 4.69) is 21.2 Å². The fourth-order valence-electron chi connectivity index (χ4n) is 4.37. The Balaban J connectivity index is 1.56. The fourth-order valence-corrected chi connectivity index (χ4v) is 5.20. The van der Waals surface area contributed by atoms with Crippen LogP contribution in [0.5, 0.6) is 0 Å². The lowest BCUT2D eigenvalue weighted by molar-refractivity contribution is 0.197. The number of rotatable bonds is 4. The van der Waals surface area contributed by atoms with Gasteiger partial charge in [-0.2, -0.15) is 0 Å². The number of aromatic nitrogens is 3. The third-order valence-corrected chi connectivity index (χ3v) is 7.07. The third-order valence-electron chi connectivity index (χ3n) is 5.85. The predicted octanol–water partition coefficient (Wildman–Crippen LogP) is 3.33. The first-order valence-electron chi connectivity index (χ1n) is 9.19. The molecule has 2 fully saturated rings. The first-order valence-corrected chi connectivity index (χ1v) is 10.2. The Hall–Kier alpha value is -1.27. The van der Waals surface area contributed by atoms with E-state index in [1.807, 2.05) is 30.4 Å². The molecule has 1 saturated heterocycles. The lowest BCUT2D eigenvalue weighted by Gasteiger charge is -2.42. The van der Waals surface area contributed by atoms with E-state index in [0.29, 0.717) is 11.5 Å². The quantitative estimate of drug-likeness (QED) is 0.861. The van der Waals surface area contributed by atoms with Gasteiger partial charge in [-0.15, -0.1) is 11.8 Å². The van der Waals surface area contributed by atoms with Gasteiger partial charge in [0.1, 0.15) is 0 Å². The summed E-state index contributed by atoms with van der Waals surface area (Å²) in [6, 6.07) is 0.397. The molecule has 0 bridgehead atoms. The Morgan fingerprint density at radius 1 is 1.29 bits per heavy atom. The van der Waals surface area contributed by atoms with Crippen molar-refractivity contribution >= 4 is 23.4 Å². The normalized spacial score (nSPS) is 23.4. The van der Waals surface area contributed by atoms with Crippen molar-refractivity contribution in [1.82, 2.24) is 14.4 Å². The van der Waals surface area contributed by atoms with Crippen LogP contribution in [0.4, 0.5) is 5.95 Å². The van der Waals surface area contributed by atoms with E-state index in [1.54, 1.807) is 0 Å². The lowest BCUT2D eigenvalue weighted by Crippen LogP contribution is -2.47. The van der Waals surface area contributed by atoms with Gasteiger partial charge in [-0.25, -0.2) is 9.97 Å². The maximum absolute atomic E-state index is 6.42. The summed E-state index contributed by atoms with van der Waals surface area (Å²) in [5.74, 6) is 2.14. The Morgan fingerprint density at radius 2 is 2.12 bits per heavy atom. The lowest BCUT2D eigenvalue weighted by atomic mass is 9.74. The number of anilines is 1. The van der Waals surface area contributed by atoms with Crippen LogP contribution < -0.4 is 10.6 Å². The summed E-state index contributed by atoms with van der Waals surface area (Å²) in [4.78, 5) is 12.9. The SMILES string of the molecule is CCCSc1cnc(N2CCC3(CCC[C@H]3N)CC2)n2ccnc12. The number of nitrogens with two attached hydrogens (primary N) is 1. The van der Waals surface area contributed by atoms with Gasteiger partial charge < -0.3 is 10.6 Å². The van der Waals surface area contributed by atoms with Gasteiger partial charge in [0, 0.05) is 37.7 Å². The van der Waals surface area contributed by atoms with Gasteiger partial charge in [0.15, 0.2) is 5.65 Å². The predicted molar refractivity (Wildman–Crippen MR) is 99.7 cm³/mol. The van der Waals surface area contributed by atoms with Gasteiger partial charge in [0.05, 0.1) is 4.90 Å². The summed E-state index contributed by atoms with van der Waals surface area (Å²) >= 11 is 1.84. The molecule has 130 valence electrons. The number of hydrogen-bond donors (Lipinski definition) is 1. The van der Waals surface area contributed by atoms with Crippen LogP contribution in [-0.2, 0) is 0 Å². The summed E-state index contributed by atoms with van der Waals surface area (Å²) in [7, 11) is 0. The maximum Gasteiger partial charge on any atom is 0.211 e. The number of imidazole rings is 1. The molecule has 0 amide bonds. The van der Waals surface area contributed by atoms with Crippen molar-refractivity contribution in [3.63, 3.8) is 0 Å². The van der Waals surface area contributed by atoms with Crippen molar-refractivity contribution in [2.45, 2.75) is 56.4 Å². The highest BCUT2D eigenvalue weighted by molar-refractivity contribution is 7.99. The molecular formula is C18H27N5S. The van der Waals surface area contributed by atoms with Gasteiger partial charge in [-0.1, -0.05) is 13.3 Å². The molecule has 0 unspecified atom stereocenters. The number of thioether (sulfide) groups is 1. The first kappa shape index (κ1) is 16.2. The zero-order valence-electron chi connectivity index (χ0n) is 14.4. The van der Waals surface area contributed by atoms with Gasteiger partial charge >= 0.3 is 0 Å². The first-order chi connectivity index (χ1) is 11.7. The minimum atomic E-state index is 0.390. The molecule has 0 aromatic carbocycles. The summed E-state index contributed by atoms with van der Waals surface area (Å²) < 4.78 is 2.16. The number of nitrogens with zero attached hydrogens (tertiary/aromatic N) is 4. The second-order valence-electron chi connectivity index (χ2n) is 7.24. The van der Waals surface area contributed by atoms with Crippen LogP contribution in [0.3, 0.4) is 0 Å². The van der Waals surface area contributed by atoms with Crippen molar-refractivity contribution < 1.29 is 0 Å². The number of hydrogen-bond acceptors (Lipinski definition) is 5. The molecule has 2 N–H and O–H groups in total. The molecule has 2 aromatic heterocycles. The molecule has 1 aliphatic heterocycles. The molecule has 1 atom stereocenters. The van der Waals surface area contributed by atoms with Gasteiger partial charge in [-0.05, 0) is 43.3 Å². The maximum atomic E-state index is 6.42. The zero-order chi connectivity index (χ0) is 16.6. The molecule has 1 spiro atoms. The van der Waals surface area contributed by atoms with Crippen molar-refractivity contribution in [2.75, 3.05) is 23.7 Å². The summed E-state index contributed by atoms with van der Waals surface area (Å²) in [5, 5.41) is 0. The molecule has 4 rings (SSSR count). The van der Waals surface area contributed by atoms with Gasteiger partial charge in [0.25, 0.3) is 0 Å². The molecule has 0 radical (unpaired) electrons. The van der Waals surface area contributed by atoms with Crippen molar-refractivity contribution in [3.8, 4) is 0 Å². The highest BCUT2D eigenvalue weighted by Gasteiger charge is 2.43. The third kappa shape index (κ3) is 2.69. The van der Waals surface area contributed by atoms with Crippen LogP contribution in [0.2, 0.25) is 0 Å². The zero-order valence-corrected chi connectivity index (χ0v) is 15.3. The minimum Gasteiger partial charge on any atom is -0.342 e. The Labute approximate surface area is 148 Å². The molecule has 2 aromatic rings. The van der Waals surface area contributed by atoms with E-state index in [9.17, 15) is 0 Å². The molecule has 6 heteroatoms. The van der Waals surface area contributed by atoms with E-state index in [-0.39, 0.29) is 0 Å². The van der Waals surface area contributed by atoms with Gasteiger partial charge in [0.2, 0.25) is 5.95 Å². The van der Waals surface area contributed by atoms with Crippen molar-refractivity contribution in [1.29, 1.82) is 0 Å². The van der Waals surface area contributed by atoms with Crippen LogP contribution in [0.25, 0.3) is 5.65 Å². The fraction of sp³-hybridized carbons (Fsp3) is 0.667. The highest BCUT2D eigenvalue weighted by Crippen LogP contribution is 2.45. The average molecular weight is 346 g/mol. The van der Waals surface area contributed by atoms with E-state index >= 15 is 0 Å². The van der Waals surface area contributed by atoms with E-state index in [1.165, 1.54) is 37.0 Å². The van der Waals surface area contributed by atoms with E-state index < -0.39 is 0 Å². The van der Waals surface area contributed by atoms with E-state index in [4.69, 9.17) is 10.7 Å². The smallest absolute Gasteiger partial charge is 0.211 e. The summed E-state index contributed by atoms with van der Waals surface area (Å²) in [6.07, 6.45) is 13.3. The van der Waals surface area contributed by atoms with Crippen molar-refractivity contribution in [3.05, 3.63) is 18.6 Å². The van der Waals surface area contributed by atoms with Crippen LogP contribution in [0.15, 0.2) is 23.5 Å². The number of piperidine rings is 1. The standard InChI is InChI=1S/C18H27N5S/c1-2-12-24-14-13-21-17(23-11-8-20-16(14)23)22-9-6-18(7-10-22)5-3-4-15(18)19/h8,11,13,15H,2-7,9-10,12,19H2,1H3/t15-/m1/s1. The van der Waals surface area contributed by atoms with Crippen LogP contribution in [-0.4, -0.2) is 39.3 Å². The molecule has 1 aliphatic carbocycles. The second kappa shape index (κ2) is 6.56. The van der Waals surface area contributed by atoms with Gasteiger partial charge in [-0.3, -0.25) is 4.40 Å². The van der Waals surface area contributed by atoms with Crippen LogP contribution >= 0.6 is 11.8 Å². The largest absolute Gasteiger partial charge is 0.342 e. The Kier molecular flexibility index (Phi) is 4.43. The topological polar surface area (TPSA) is 59.5 Å². The highest BCUT2D eigenvalue weighted by atomic mass is 32.2. The second-order valence-corrected chi connectivity index (χ2v) is 8.38. The molecule has 1 saturated carbocycles. The molecule has 2 aliphatic rings. The average Bonchev–Trinajstić information content (AvgIpc) is 3.22. The monoisotopic (exact) mass is 345 g/mol. The molecule has 24 heavy (non-hydrogen) atoms. The minimum absolute atomic E-state index is 0.390. The Morgan fingerprint density at radius 3 is 2.83 bits per heavy atom.